The first-order chi connectivity index (χ1) is 15.0. The topological polar surface area (TPSA) is 60.9 Å². The Morgan fingerprint density at radius 1 is 0.839 bits per heavy atom. The Kier molecular flexibility index (Phi) is 5.30. The number of carbonyl (C=O) groups is 2. The lowest BCUT2D eigenvalue weighted by Gasteiger charge is -2.36. The van der Waals surface area contributed by atoms with E-state index in [1.165, 1.54) is 0 Å². The van der Waals surface area contributed by atoms with E-state index in [0.29, 0.717) is 13.1 Å². The van der Waals surface area contributed by atoms with Crippen molar-refractivity contribution in [3.8, 4) is 11.1 Å². The van der Waals surface area contributed by atoms with Crippen molar-refractivity contribution < 1.29 is 13.8 Å². The Balaban J connectivity index is 1.45. The van der Waals surface area contributed by atoms with Gasteiger partial charge in [-0.25, -0.2) is 0 Å². The van der Waals surface area contributed by atoms with E-state index in [1.54, 1.807) is 11.8 Å². The second-order valence-corrected chi connectivity index (χ2v) is 10.2. The molecule has 2 amide bonds. The summed E-state index contributed by atoms with van der Waals surface area (Å²) in [6.07, 6.45) is 1.93. The highest BCUT2D eigenvalue weighted by Gasteiger charge is 2.37. The second-order valence-electron chi connectivity index (χ2n) is 8.52. The van der Waals surface area contributed by atoms with Gasteiger partial charge in [0.2, 0.25) is 11.8 Å². The molecule has 1 saturated heterocycles. The van der Waals surface area contributed by atoms with Crippen molar-refractivity contribution in [2.75, 3.05) is 52.4 Å². The van der Waals surface area contributed by atoms with E-state index in [2.05, 4.69) is 29.2 Å². The van der Waals surface area contributed by atoms with Gasteiger partial charge in [-0.2, -0.15) is 0 Å². The molecule has 2 heterocycles. The molecule has 31 heavy (non-hydrogen) atoms. The number of benzene rings is 2. The van der Waals surface area contributed by atoms with Crippen molar-refractivity contribution in [3.05, 3.63) is 42.5 Å². The third-order valence-electron chi connectivity index (χ3n) is 6.42. The molecule has 0 unspecified atom stereocenters. The Morgan fingerprint density at radius 3 is 2.13 bits per heavy atom. The Hall–Kier alpha value is -2.67. The van der Waals surface area contributed by atoms with Crippen molar-refractivity contribution >= 4 is 39.7 Å². The lowest BCUT2D eigenvalue weighted by Crippen LogP contribution is -2.46. The standard InChI is InChI=1S/C24H27N3O3S/c1-17(28)26-10-11-27(24(29)19-2-3-19)23-16-20(6-9-22(23)26)18-4-7-21(8-5-18)25-12-14-31(30)15-13-25/h4-9,16,19H,2-3,10-15H2,1H3. The van der Waals surface area contributed by atoms with Crippen molar-refractivity contribution in [1.29, 1.82) is 0 Å². The normalized spacial score (nSPS) is 19.3. The number of rotatable bonds is 3. The third-order valence-corrected chi connectivity index (χ3v) is 7.70. The highest BCUT2D eigenvalue weighted by Crippen LogP contribution is 2.40. The van der Waals surface area contributed by atoms with Crippen molar-refractivity contribution in [1.82, 2.24) is 0 Å². The van der Waals surface area contributed by atoms with Crippen LogP contribution in [0, 0.1) is 5.92 Å². The van der Waals surface area contributed by atoms with Gasteiger partial charge in [0.25, 0.3) is 0 Å². The SMILES string of the molecule is CC(=O)N1CCN(C(=O)C2CC2)c2cc(-c3ccc(N4CCS(=O)CC4)cc3)ccc21. The van der Waals surface area contributed by atoms with E-state index >= 15 is 0 Å². The maximum absolute atomic E-state index is 12.9. The fourth-order valence-corrected chi connectivity index (χ4v) is 5.51. The first-order valence-corrected chi connectivity index (χ1v) is 12.4. The van der Waals surface area contributed by atoms with E-state index in [0.717, 1.165) is 65.6 Å². The van der Waals surface area contributed by atoms with Crippen LogP contribution in [0.2, 0.25) is 0 Å². The average Bonchev–Trinajstić information content (AvgIpc) is 3.63. The molecule has 2 aliphatic heterocycles. The molecule has 0 radical (unpaired) electrons. The minimum atomic E-state index is -0.685. The van der Waals surface area contributed by atoms with Crippen LogP contribution < -0.4 is 14.7 Å². The molecule has 7 heteroatoms. The van der Waals surface area contributed by atoms with Crippen LogP contribution in [-0.4, -0.2) is 53.7 Å². The minimum absolute atomic E-state index is 0.000615. The van der Waals surface area contributed by atoms with Gasteiger partial charge in [0.05, 0.1) is 11.4 Å². The van der Waals surface area contributed by atoms with Gasteiger partial charge in [-0.1, -0.05) is 18.2 Å². The summed E-state index contributed by atoms with van der Waals surface area (Å²) in [5.41, 5.74) is 4.90. The van der Waals surface area contributed by atoms with Crippen LogP contribution in [0.5, 0.6) is 0 Å². The highest BCUT2D eigenvalue weighted by atomic mass is 32.2. The fraction of sp³-hybridized carbons (Fsp3) is 0.417. The van der Waals surface area contributed by atoms with Gasteiger partial charge in [-0.3, -0.25) is 13.8 Å². The quantitative estimate of drug-likeness (QED) is 0.741. The molecule has 0 bridgehead atoms. The molecule has 0 N–H and O–H groups in total. The van der Waals surface area contributed by atoms with Gasteiger partial charge in [0, 0.05) is 67.0 Å². The van der Waals surface area contributed by atoms with Crippen LogP contribution in [0.3, 0.4) is 0 Å². The molecular formula is C24H27N3O3S. The summed E-state index contributed by atoms with van der Waals surface area (Å²) < 4.78 is 11.6. The Bertz CT molecular complexity index is 1040. The number of anilines is 3. The van der Waals surface area contributed by atoms with Crippen LogP contribution >= 0.6 is 0 Å². The van der Waals surface area contributed by atoms with Crippen LogP contribution in [0.25, 0.3) is 11.1 Å². The van der Waals surface area contributed by atoms with E-state index in [-0.39, 0.29) is 17.7 Å². The van der Waals surface area contributed by atoms with E-state index in [1.807, 2.05) is 23.1 Å². The summed E-state index contributed by atoms with van der Waals surface area (Å²) in [5.74, 6) is 1.77. The molecule has 2 aromatic rings. The van der Waals surface area contributed by atoms with Gasteiger partial charge >= 0.3 is 0 Å². The summed E-state index contributed by atoms with van der Waals surface area (Å²) in [5, 5.41) is 0. The largest absolute Gasteiger partial charge is 0.370 e. The summed E-state index contributed by atoms with van der Waals surface area (Å²) in [6.45, 7) is 4.30. The Labute approximate surface area is 185 Å². The van der Waals surface area contributed by atoms with E-state index < -0.39 is 10.8 Å². The lowest BCUT2D eigenvalue weighted by atomic mass is 10.0. The lowest BCUT2D eigenvalue weighted by molar-refractivity contribution is -0.120. The monoisotopic (exact) mass is 437 g/mol. The van der Waals surface area contributed by atoms with Gasteiger partial charge < -0.3 is 14.7 Å². The van der Waals surface area contributed by atoms with Gasteiger partial charge in [-0.05, 0) is 48.2 Å². The molecule has 5 rings (SSSR count). The first kappa shape index (κ1) is 20.2. The van der Waals surface area contributed by atoms with Gasteiger partial charge in [0.1, 0.15) is 0 Å². The number of amides is 2. The zero-order valence-electron chi connectivity index (χ0n) is 17.8. The van der Waals surface area contributed by atoms with Crippen molar-refractivity contribution in [2.24, 2.45) is 5.92 Å². The van der Waals surface area contributed by atoms with Crippen LogP contribution in [0.4, 0.5) is 17.1 Å². The molecule has 3 aliphatic rings. The predicted octanol–water partition coefficient (Wildman–Crippen LogP) is 3.03. The number of hydrogen-bond donors (Lipinski definition) is 0. The summed E-state index contributed by atoms with van der Waals surface area (Å²) in [7, 11) is -0.685. The zero-order chi connectivity index (χ0) is 21.5. The zero-order valence-corrected chi connectivity index (χ0v) is 18.6. The molecule has 2 aromatic carbocycles. The van der Waals surface area contributed by atoms with Gasteiger partial charge in [0.15, 0.2) is 0 Å². The molecule has 0 aromatic heterocycles. The highest BCUT2D eigenvalue weighted by molar-refractivity contribution is 7.85. The smallest absolute Gasteiger partial charge is 0.230 e. The molecule has 0 spiro atoms. The number of hydrogen-bond acceptors (Lipinski definition) is 4. The molecule has 1 aliphatic carbocycles. The summed E-state index contributed by atoms with van der Waals surface area (Å²) in [4.78, 5) is 30.9. The molecule has 0 atom stereocenters. The molecule has 6 nitrogen and oxygen atoms in total. The average molecular weight is 438 g/mol. The number of nitrogens with zero attached hydrogens (tertiary/aromatic N) is 3. The number of carbonyl (C=O) groups excluding carboxylic acids is 2. The van der Waals surface area contributed by atoms with E-state index in [4.69, 9.17) is 0 Å². The van der Waals surface area contributed by atoms with Crippen LogP contribution in [0.15, 0.2) is 42.5 Å². The molecule has 162 valence electrons. The maximum Gasteiger partial charge on any atom is 0.230 e. The molecular weight excluding hydrogens is 410 g/mol. The second kappa shape index (κ2) is 8.11. The van der Waals surface area contributed by atoms with Crippen LogP contribution in [0.1, 0.15) is 19.8 Å². The van der Waals surface area contributed by atoms with Crippen LogP contribution in [-0.2, 0) is 20.4 Å². The predicted molar refractivity (Wildman–Crippen MR) is 125 cm³/mol. The first-order valence-electron chi connectivity index (χ1n) is 10.9. The van der Waals surface area contributed by atoms with Gasteiger partial charge in [-0.15, -0.1) is 0 Å². The summed E-state index contributed by atoms with van der Waals surface area (Å²) >= 11 is 0. The van der Waals surface area contributed by atoms with Crippen molar-refractivity contribution in [2.45, 2.75) is 19.8 Å². The summed E-state index contributed by atoms with van der Waals surface area (Å²) in [6, 6.07) is 14.5. The minimum Gasteiger partial charge on any atom is -0.370 e. The molecule has 1 saturated carbocycles. The van der Waals surface area contributed by atoms with Crippen molar-refractivity contribution in [3.63, 3.8) is 0 Å². The molecule has 2 fully saturated rings. The fourth-order valence-electron chi connectivity index (χ4n) is 4.46. The third kappa shape index (κ3) is 3.99. The Morgan fingerprint density at radius 2 is 1.48 bits per heavy atom. The number of fused-ring (bicyclic) bond motifs is 1. The van der Waals surface area contributed by atoms with E-state index in [9.17, 15) is 13.8 Å². The maximum atomic E-state index is 12.9.